The van der Waals surface area contributed by atoms with Crippen LogP contribution in [0.25, 0.3) is 10.2 Å². The molecule has 1 atom stereocenters. The van der Waals surface area contributed by atoms with Gasteiger partial charge in [0.1, 0.15) is 18.0 Å². The average Bonchev–Trinajstić information content (AvgIpc) is 3.39. The number of likely N-dealkylation sites (tertiary alicyclic amines) is 1. The first-order valence-electron chi connectivity index (χ1n) is 9.25. The first-order chi connectivity index (χ1) is 13.1. The molecule has 2 aromatic heterocycles. The fourth-order valence-corrected chi connectivity index (χ4v) is 5.15. The molecule has 4 heterocycles. The maximum atomic E-state index is 13.3. The molecule has 1 fully saturated rings. The third-order valence-electron chi connectivity index (χ3n) is 5.37. The third-order valence-corrected chi connectivity index (χ3v) is 6.56. The van der Waals surface area contributed by atoms with Crippen molar-refractivity contribution >= 4 is 27.5 Å². The Balaban J connectivity index is 1.46. The van der Waals surface area contributed by atoms with Gasteiger partial charge >= 0.3 is 0 Å². The molecular weight excluding hydrogens is 362 g/mol. The van der Waals surface area contributed by atoms with Gasteiger partial charge in [0.15, 0.2) is 11.5 Å². The number of carbonyl (C=O) groups is 1. The number of rotatable bonds is 2. The van der Waals surface area contributed by atoms with Crippen molar-refractivity contribution in [2.24, 2.45) is 7.05 Å². The van der Waals surface area contributed by atoms with Crippen LogP contribution < -0.4 is 9.47 Å². The topological polar surface area (TPSA) is 56.6 Å². The first kappa shape index (κ1) is 16.6. The number of carbonyl (C=O) groups excluding carboxylic acids is 1. The minimum absolute atomic E-state index is 0.0813. The summed E-state index contributed by atoms with van der Waals surface area (Å²) in [7, 11) is 1.92. The Kier molecular flexibility index (Phi) is 3.86. The highest BCUT2D eigenvalue weighted by molar-refractivity contribution is 7.20. The predicted molar refractivity (Wildman–Crippen MR) is 104 cm³/mol. The van der Waals surface area contributed by atoms with Crippen LogP contribution >= 0.6 is 11.3 Å². The molecule has 0 bridgehead atoms. The van der Waals surface area contributed by atoms with Crippen molar-refractivity contribution in [2.45, 2.75) is 25.8 Å². The highest BCUT2D eigenvalue weighted by Crippen LogP contribution is 2.39. The fourth-order valence-electron chi connectivity index (χ4n) is 4.08. The van der Waals surface area contributed by atoms with Gasteiger partial charge in [0.2, 0.25) is 0 Å². The molecule has 0 radical (unpaired) electrons. The quantitative estimate of drug-likeness (QED) is 0.677. The Morgan fingerprint density at radius 1 is 1.22 bits per heavy atom. The molecule has 0 N–H and O–H groups in total. The number of ether oxygens (including phenoxy) is 2. The molecule has 27 heavy (non-hydrogen) atoms. The van der Waals surface area contributed by atoms with Gasteiger partial charge in [-0.05, 0) is 43.5 Å². The zero-order valence-corrected chi connectivity index (χ0v) is 16.2. The molecule has 1 aromatic carbocycles. The molecule has 5 rings (SSSR count). The summed E-state index contributed by atoms with van der Waals surface area (Å²) in [4.78, 5) is 17.1. The van der Waals surface area contributed by atoms with Crippen LogP contribution in [0.4, 0.5) is 0 Å². The van der Waals surface area contributed by atoms with E-state index in [9.17, 15) is 4.79 Å². The molecule has 140 valence electrons. The van der Waals surface area contributed by atoms with Gasteiger partial charge in [-0.3, -0.25) is 9.48 Å². The first-order valence-corrected chi connectivity index (χ1v) is 10.1. The fraction of sp³-hybridized carbons (Fsp3) is 0.400. The van der Waals surface area contributed by atoms with Gasteiger partial charge in [0, 0.05) is 19.0 Å². The van der Waals surface area contributed by atoms with E-state index in [1.54, 1.807) is 0 Å². The largest absolute Gasteiger partial charge is 0.486 e. The number of aryl methyl sites for hydroxylation is 2. The van der Waals surface area contributed by atoms with Crippen molar-refractivity contribution in [3.8, 4) is 11.5 Å². The molecule has 2 aliphatic rings. The Morgan fingerprint density at radius 3 is 2.85 bits per heavy atom. The lowest BCUT2D eigenvalue weighted by Gasteiger charge is -2.26. The van der Waals surface area contributed by atoms with Crippen molar-refractivity contribution in [3.63, 3.8) is 0 Å². The van der Waals surface area contributed by atoms with Crippen molar-refractivity contribution in [2.75, 3.05) is 19.8 Å². The Bertz CT molecular complexity index is 1000. The van der Waals surface area contributed by atoms with Crippen molar-refractivity contribution in [1.29, 1.82) is 0 Å². The lowest BCUT2D eigenvalue weighted by Crippen LogP contribution is -2.30. The van der Waals surface area contributed by atoms with Crippen LogP contribution in [0.2, 0.25) is 0 Å². The summed E-state index contributed by atoms with van der Waals surface area (Å²) in [5, 5.41) is 5.50. The molecule has 2 aliphatic heterocycles. The van der Waals surface area contributed by atoms with Crippen LogP contribution in [0, 0.1) is 6.92 Å². The van der Waals surface area contributed by atoms with Crippen LogP contribution in [0.5, 0.6) is 11.5 Å². The minimum Gasteiger partial charge on any atom is -0.486 e. The summed E-state index contributed by atoms with van der Waals surface area (Å²) in [6, 6.07) is 8.12. The molecule has 1 amide bonds. The number of aromatic nitrogens is 2. The number of hydrogen-bond donors (Lipinski definition) is 0. The number of fused-ring (bicyclic) bond motifs is 2. The monoisotopic (exact) mass is 383 g/mol. The second-order valence-electron chi connectivity index (χ2n) is 7.10. The summed E-state index contributed by atoms with van der Waals surface area (Å²) < 4.78 is 13.2. The molecule has 0 spiro atoms. The lowest BCUT2D eigenvalue weighted by molar-refractivity contribution is 0.0740. The van der Waals surface area contributed by atoms with Crippen LogP contribution in [0.1, 0.15) is 39.8 Å². The zero-order chi connectivity index (χ0) is 18.5. The average molecular weight is 383 g/mol. The van der Waals surface area contributed by atoms with Gasteiger partial charge in [0.05, 0.1) is 16.6 Å². The molecule has 0 aliphatic carbocycles. The van der Waals surface area contributed by atoms with E-state index in [2.05, 4.69) is 11.2 Å². The number of benzene rings is 1. The normalized spacial score (nSPS) is 19.0. The Morgan fingerprint density at radius 2 is 2.04 bits per heavy atom. The van der Waals surface area contributed by atoms with E-state index >= 15 is 0 Å². The van der Waals surface area contributed by atoms with Crippen molar-refractivity contribution < 1.29 is 14.3 Å². The summed E-state index contributed by atoms with van der Waals surface area (Å²) in [6.07, 6.45) is 1.98. The molecule has 7 heteroatoms. The molecule has 1 saturated heterocycles. The van der Waals surface area contributed by atoms with E-state index in [4.69, 9.17) is 9.47 Å². The van der Waals surface area contributed by atoms with E-state index in [0.717, 1.165) is 57.2 Å². The number of thiophene rings is 1. The Labute approximate surface area is 161 Å². The van der Waals surface area contributed by atoms with Crippen molar-refractivity contribution in [1.82, 2.24) is 14.7 Å². The highest BCUT2D eigenvalue weighted by Gasteiger charge is 2.32. The van der Waals surface area contributed by atoms with Gasteiger partial charge in [-0.15, -0.1) is 11.3 Å². The molecule has 6 nitrogen and oxygen atoms in total. The standard InChI is InChI=1S/C20H21N3O3S/c1-12-14-11-18(27-20(14)22(2)21-12)19(24)23-7-3-4-15(23)13-5-6-16-17(10-13)26-9-8-25-16/h5-6,10-11,15H,3-4,7-9H2,1-2H3. The smallest absolute Gasteiger partial charge is 0.264 e. The van der Waals surface area contributed by atoms with Crippen LogP contribution in [-0.2, 0) is 7.05 Å². The van der Waals surface area contributed by atoms with Crippen LogP contribution in [0.15, 0.2) is 24.3 Å². The number of amides is 1. The van der Waals surface area contributed by atoms with Crippen LogP contribution in [-0.4, -0.2) is 40.3 Å². The second-order valence-corrected chi connectivity index (χ2v) is 8.13. The van der Waals surface area contributed by atoms with E-state index in [0.29, 0.717) is 13.2 Å². The lowest BCUT2D eigenvalue weighted by atomic mass is 10.0. The number of nitrogens with zero attached hydrogens (tertiary/aromatic N) is 3. The van der Waals surface area contributed by atoms with Gasteiger partial charge in [-0.2, -0.15) is 5.10 Å². The molecule has 3 aromatic rings. The number of hydrogen-bond acceptors (Lipinski definition) is 5. The SMILES string of the molecule is Cc1nn(C)c2sc(C(=O)N3CCCC3c3ccc4c(c3)OCCO4)cc12. The van der Waals surface area contributed by atoms with E-state index in [-0.39, 0.29) is 11.9 Å². The minimum atomic E-state index is 0.0813. The highest BCUT2D eigenvalue weighted by atomic mass is 32.1. The predicted octanol–water partition coefficient (Wildman–Crippen LogP) is 3.69. The van der Waals surface area contributed by atoms with Crippen LogP contribution in [0.3, 0.4) is 0 Å². The van der Waals surface area contributed by atoms with Gasteiger partial charge < -0.3 is 14.4 Å². The summed E-state index contributed by atoms with van der Waals surface area (Å²) >= 11 is 1.52. The second kappa shape index (κ2) is 6.27. The molecular formula is C20H21N3O3S. The molecule has 0 saturated carbocycles. The van der Waals surface area contributed by atoms with E-state index in [1.165, 1.54) is 11.3 Å². The van der Waals surface area contributed by atoms with E-state index in [1.807, 2.05) is 41.8 Å². The van der Waals surface area contributed by atoms with Gasteiger partial charge in [0.25, 0.3) is 5.91 Å². The summed E-state index contributed by atoms with van der Waals surface area (Å²) in [5.74, 6) is 1.67. The maximum absolute atomic E-state index is 13.3. The van der Waals surface area contributed by atoms with Gasteiger partial charge in [-0.1, -0.05) is 6.07 Å². The summed E-state index contributed by atoms with van der Waals surface area (Å²) in [5.41, 5.74) is 2.08. The summed E-state index contributed by atoms with van der Waals surface area (Å²) in [6.45, 7) is 3.92. The van der Waals surface area contributed by atoms with E-state index < -0.39 is 0 Å². The molecule has 1 unspecified atom stereocenters. The zero-order valence-electron chi connectivity index (χ0n) is 15.4. The van der Waals surface area contributed by atoms with Gasteiger partial charge in [-0.25, -0.2) is 0 Å². The third kappa shape index (κ3) is 2.68. The van der Waals surface area contributed by atoms with Crippen molar-refractivity contribution in [3.05, 3.63) is 40.4 Å². The maximum Gasteiger partial charge on any atom is 0.264 e. The Hall–Kier alpha value is -2.54.